The van der Waals surface area contributed by atoms with Crippen LogP contribution in [-0.2, 0) is 11.2 Å². The molecule has 2 nitrogen and oxygen atoms in total. The molecule has 0 aliphatic carbocycles. The fraction of sp³-hybridized carbons (Fsp3) is 0.300. The maximum atomic E-state index is 12.5. The largest absolute Gasteiger partial charge is 0.378 e. The molecule has 5 heteroatoms. The molecule has 82 valence electrons. The van der Waals surface area contributed by atoms with Crippen LogP contribution < -0.4 is 5.32 Å². The van der Waals surface area contributed by atoms with Gasteiger partial charge in [-0.3, -0.25) is 4.79 Å². The van der Waals surface area contributed by atoms with Gasteiger partial charge in [-0.2, -0.15) is 8.78 Å². The normalized spacial score (nSPS) is 11.2. The molecule has 1 aromatic rings. The molecule has 1 rings (SSSR count). The second-order valence-corrected chi connectivity index (χ2v) is 4.00. The SMILES string of the molecule is CCc1ccc(NC(=O)C(F)(F)Br)cc1. The first-order valence-electron chi connectivity index (χ1n) is 4.40. The van der Waals surface area contributed by atoms with Crippen LogP contribution in [0, 0.1) is 0 Å². The molecule has 0 saturated carbocycles. The van der Waals surface area contributed by atoms with Crippen LogP contribution in [0.1, 0.15) is 12.5 Å². The van der Waals surface area contributed by atoms with Crippen molar-refractivity contribution in [3.63, 3.8) is 0 Å². The Hall–Kier alpha value is -0.970. The molecular weight excluding hydrogens is 268 g/mol. The number of aryl methyl sites for hydroxylation is 1. The van der Waals surface area contributed by atoms with E-state index in [0.29, 0.717) is 5.69 Å². The van der Waals surface area contributed by atoms with Gasteiger partial charge in [0.2, 0.25) is 0 Å². The van der Waals surface area contributed by atoms with Crippen molar-refractivity contribution in [3.8, 4) is 0 Å². The number of benzene rings is 1. The standard InChI is InChI=1S/C10H10BrF2NO/c1-2-7-3-5-8(6-4-7)14-9(15)10(11,12)13/h3-6H,2H2,1H3,(H,14,15). The van der Waals surface area contributed by atoms with E-state index in [2.05, 4.69) is 5.32 Å². The third kappa shape index (κ3) is 3.58. The second-order valence-electron chi connectivity index (χ2n) is 3.00. The highest BCUT2D eigenvalue weighted by atomic mass is 79.9. The van der Waals surface area contributed by atoms with E-state index >= 15 is 0 Å². The van der Waals surface area contributed by atoms with Crippen LogP contribution in [0.15, 0.2) is 24.3 Å². The number of amides is 1. The van der Waals surface area contributed by atoms with Crippen molar-refractivity contribution < 1.29 is 13.6 Å². The second kappa shape index (κ2) is 4.70. The smallest absolute Gasteiger partial charge is 0.320 e. The summed E-state index contributed by atoms with van der Waals surface area (Å²) >= 11 is 1.98. The van der Waals surface area contributed by atoms with E-state index in [-0.39, 0.29) is 0 Å². The van der Waals surface area contributed by atoms with Gasteiger partial charge in [0.25, 0.3) is 0 Å². The van der Waals surface area contributed by atoms with Gasteiger partial charge in [0.1, 0.15) is 0 Å². The average Bonchev–Trinajstić information content (AvgIpc) is 2.17. The summed E-state index contributed by atoms with van der Waals surface area (Å²) in [4.78, 5) is 7.35. The molecule has 0 fully saturated rings. The minimum Gasteiger partial charge on any atom is -0.320 e. The van der Waals surface area contributed by atoms with Crippen LogP contribution in [0.4, 0.5) is 14.5 Å². The maximum Gasteiger partial charge on any atom is 0.378 e. The predicted octanol–water partition coefficient (Wildman–Crippen LogP) is 3.18. The Morgan fingerprint density at radius 1 is 1.40 bits per heavy atom. The molecule has 0 saturated heterocycles. The van der Waals surface area contributed by atoms with E-state index in [1.165, 1.54) is 0 Å². The molecule has 0 aromatic heterocycles. The zero-order chi connectivity index (χ0) is 11.5. The number of nitrogens with one attached hydrogen (secondary N) is 1. The van der Waals surface area contributed by atoms with Gasteiger partial charge in [-0.15, -0.1) is 0 Å². The number of carbonyl (C=O) groups excluding carboxylic acids is 1. The van der Waals surface area contributed by atoms with Crippen molar-refractivity contribution in [3.05, 3.63) is 29.8 Å². The number of rotatable bonds is 3. The molecule has 1 aromatic carbocycles. The van der Waals surface area contributed by atoms with Crippen molar-refractivity contribution >= 4 is 27.5 Å². The van der Waals surface area contributed by atoms with E-state index in [9.17, 15) is 13.6 Å². The van der Waals surface area contributed by atoms with Crippen LogP contribution in [0.2, 0.25) is 0 Å². The van der Waals surface area contributed by atoms with Gasteiger partial charge in [-0.05, 0) is 24.1 Å². The number of alkyl halides is 3. The van der Waals surface area contributed by atoms with Gasteiger partial charge in [-0.25, -0.2) is 0 Å². The van der Waals surface area contributed by atoms with Gasteiger partial charge < -0.3 is 5.32 Å². The first kappa shape index (κ1) is 12.1. The summed E-state index contributed by atoms with van der Waals surface area (Å²) in [5.41, 5.74) is 1.44. The molecule has 15 heavy (non-hydrogen) atoms. The fourth-order valence-electron chi connectivity index (χ4n) is 1.03. The molecule has 0 unspecified atom stereocenters. The van der Waals surface area contributed by atoms with E-state index in [1.807, 2.05) is 22.9 Å². The van der Waals surface area contributed by atoms with Crippen molar-refractivity contribution in [2.24, 2.45) is 0 Å². The van der Waals surface area contributed by atoms with Gasteiger partial charge in [0.15, 0.2) is 0 Å². The van der Waals surface area contributed by atoms with Crippen LogP contribution >= 0.6 is 15.9 Å². The first-order chi connectivity index (χ1) is 6.93. The zero-order valence-electron chi connectivity index (χ0n) is 8.06. The summed E-state index contributed by atoms with van der Waals surface area (Å²) in [5, 5.41) is 2.10. The van der Waals surface area contributed by atoms with Crippen LogP contribution in [0.5, 0.6) is 0 Å². The zero-order valence-corrected chi connectivity index (χ0v) is 9.64. The lowest BCUT2D eigenvalue weighted by Crippen LogP contribution is -2.28. The van der Waals surface area contributed by atoms with Gasteiger partial charge in [0, 0.05) is 21.6 Å². The summed E-state index contributed by atoms with van der Waals surface area (Å²) in [7, 11) is 0. The lowest BCUT2D eigenvalue weighted by atomic mass is 10.1. The molecule has 1 amide bonds. The van der Waals surface area contributed by atoms with E-state index in [1.54, 1.807) is 24.3 Å². The molecule has 0 aliphatic heterocycles. The molecule has 1 N–H and O–H groups in total. The molecule has 0 bridgehead atoms. The third-order valence-corrected chi connectivity index (χ3v) is 2.24. The highest BCUT2D eigenvalue weighted by molar-refractivity contribution is 9.10. The Morgan fingerprint density at radius 3 is 2.33 bits per heavy atom. The van der Waals surface area contributed by atoms with E-state index in [4.69, 9.17) is 0 Å². The topological polar surface area (TPSA) is 29.1 Å². The van der Waals surface area contributed by atoms with Crippen molar-refractivity contribution in [2.75, 3.05) is 5.32 Å². The molecule has 0 aliphatic rings. The maximum absolute atomic E-state index is 12.5. The van der Waals surface area contributed by atoms with Crippen LogP contribution in [-0.4, -0.2) is 10.7 Å². The number of anilines is 1. The van der Waals surface area contributed by atoms with Gasteiger partial charge in [-0.1, -0.05) is 19.1 Å². The fourth-order valence-corrected chi connectivity index (χ4v) is 1.12. The molecule has 0 spiro atoms. The molecule has 0 atom stereocenters. The Balaban J connectivity index is 2.70. The van der Waals surface area contributed by atoms with Crippen molar-refractivity contribution in [1.29, 1.82) is 0 Å². The van der Waals surface area contributed by atoms with E-state index in [0.717, 1.165) is 12.0 Å². The quantitative estimate of drug-likeness (QED) is 0.845. The van der Waals surface area contributed by atoms with E-state index < -0.39 is 10.7 Å². The lowest BCUT2D eigenvalue weighted by molar-refractivity contribution is -0.128. The van der Waals surface area contributed by atoms with Gasteiger partial charge >= 0.3 is 10.7 Å². The Morgan fingerprint density at radius 2 is 1.93 bits per heavy atom. The summed E-state index contributed by atoms with van der Waals surface area (Å²) in [6.07, 6.45) is 0.864. The number of halogens is 3. The summed E-state index contributed by atoms with van der Waals surface area (Å²) in [6, 6.07) is 6.74. The number of hydrogen-bond acceptors (Lipinski definition) is 1. The Bertz CT molecular complexity index is 345. The molecule has 0 radical (unpaired) electrons. The van der Waals surface area contributed by atoms with Gasteiger partial charge in [0.05, 0.1) is 0 Å². The number of hydrogen-bond donors (Lipinski definition) is 1. The molecule has 0 heterocycles. The summed E-state index contributed by atoms with van der Waals surface area (Å²) in [6.45, 7) is 1.99. The minimum atomic E-state index is -3.53. The number of carbonyl (C=O) groups is 1. The van der Waals surface area contributed by atoms with Crippen molar-refractivity contribution in [1.82, 2.24) is 0 Å². The minimum absolute atomic E-state index is 0.358. The lowest BCUT2D eigenvalue weighted by Gasteiger charge is -2.09. The predicted molar refractivity (Wildman–Crippen MR) is 58.3 cm³/mol. The first-order valence-corrected chi connectivity index (χ1v) is 5.20. The highest BCUT2D eigenvalue weighted by Crippen LogP contribution is 2.23. The Labute approximate surface area is 94.8 Å². The highest BCUT2D eigenvalue weighted by Gasteiger charge is 2.34. The summed E-state index contributed by atoms with van der Waals surface area (Å²) in [5.74, 6) is -1.37. The van der Waals surface area contributed by atoms with Crippen molar-refractivity contribution in [2.45, 2.75) is 18.2 Å². The molecular formula is C10H10BrF2NO. The summed E-state index contributed by atoms with van der Waals surface area (Å²) < 4.78 is 24.9. The van der Waals surface area contributed by atoms with Crippen LogP contribution in [0.25, 0.3) is 0 Å². The monoisotopic (exact) mass is 277 g/mol. The third-order valence-electron chi connectivity index (χ3n) is 1.88. The Kier molecular flexibility index (Phi) is 3.79. The van der Waals surface area contributed by atoms with Crippen LogP contribution in [0.3, 0.4) is 0 Å². The average molecular weight is 278 g/mol.